The lowest BCUT2D eigenvalue weighted by Gasteiger charge is -2.15. The van der Waals surface area contributed by atoms with Crippen LogP contribution in [0.3, 0.4) is 0 Å². The molecule has 2 aromatic carbocycles. The van der Waals surface area contributed by atoms with E-state index in [4.69, 9.17) is 0 Å². The summed E-state index contributed by atoms with van der Waals surface area (Å²) >= 11 is 0. The predicted octanol–water partition coefficient (Wildman–Crippen LogP) is 4.07. The van der Waals surface area contributed by atoms with Gasteiger partial charge in [-0.25, -0.2) is 0 Å². The summed E-state index contributed by atoms with van der Waals surface area (Å²) in [6.45, 7) is 2.09. The highest BCUT2D eigenvalue weighted by atomic mass is 16.3. The minimum absolute atomic E-state index is 0.563. The summed E-state index contributed by atoms with van der Waals surface area (Å²) < 4.78 is 0. The lowest BCUT2D eigenvalue weighted by Crippen LogP contribution is -2.07. The molecule has 0 amide bonds. The van der Waals surface area contributed by atoms with Gasteiger partial charge < -0.3 is 5.11 Å². The van der Waals surface area contributed by atoms with Gasteiger partial charge in [0.1, 0.15) is 6.10 Å². The lowest BCUT2D eigenvalue weighted by atomic mass is 9.96. The van der Waals surface area contributed by atoms with Crippen molar-refractivity contribution < 1.29 is 5.11 Å². The summed E-state index contributed by atoms with van der Waals surface area (Å²) in [5.41, 5.74) is 3.08. The standard InChI is InChI=1S/C19H19NO/c1-2-14-10-6-12-20-19(14)18(21)13-16-9-5-8-15-7-3-4-11-17(15)16/h3-12,18,21H,2,13H2,1H3. The Labute approximate surface area is 125 Å². The number of hydrogen-bond acceptors (Lipinski definition) is 2. The van der Waals surface area contributed by atoms with Crippen LogP contribution in [0.2, 0.25) is 0 Å². The van der Waals surface area contributed by atoms with Gasteiger partial charge in [0.15, 0.2) is 0 Å². The first-order valence-corrected chi connectivity index (χ1v) is 7.38. The second kappa shape index (κ2) is 6.06. The molecule has 21 heavy (non-hydrogen) atoms. The minimum atomic E-state index is -0.563. The lowest BCUT2D eigenvalue weighted by molar-refractivity contribution is 0.173. The second-order valence-electron chi connectivity index (χ2n) is 5.26. The Morgan fingerprint density at radius 3 is 2.57 bits per heavy atom. The van der Waals surface area contributed by atoms with Gasteiger partial charge in [-0.1, -0.05) is 55.5 Å². The molecule has 3 rings (SSSR count). The van der Waals surface area contributed by atoms with E-state index in [0.717, 1.165) is 23.2 Å². The van der Waals surface area contributed by atoms with Crippen molar-refractivity contribution >= 4 is 10.8 Å². The van der Waals surface area contributed by atoms with Gasteiger partial charge in [-0.3, -0.25) is 4.98 Å². The highest BCUT2D eigenvalue weighted by Gasteiger charge is 2.14. The number of fused-ring (bicyclic) bond motifs is 1. The highest BCUT2D eigenvalue weighted by molar-refractivity contribution is 5.85. The fraction of sp³-hybridized carbons (Fsp3) is 0.211. The Morgan fingerprint density at radius 1 is 0.952 bits per heavy atom. The van der Waals surface area contributed by atoms with Crippen molar-refractivity contribution in [2.24, 2.45) is 0 Å². The molecule has 0 bridgehead atoms. The zero-order valence-corrected chi connectivity index (χ0v) is 12.2. The Hall–Kier alpha value is -2.19. The van der Waals surface area contributed by atoms with E-state index in [1.165, 1.54) is 10.8 Å². The van der Waals surface area contributed by atoms with Gasteiger partial charge in [0.25, 0.3) is 0 Å². The molecule has 2 nitrogen and oxygen atoms in total. The summed E-state index contributed by atoms with van der Waals surface area (Å²) in [6.07, 6.45) is 2.66. The molecule has 1 unspecified atom stereocenters. The quantitative estimate of drug-likeness (QED) is 0.779. The Morgan fingerprint density at radius 2 is 1.71 bits per heavy atom. The van der Waals surface area contributed by atoms with E-state index < -0.39 is 6.10 Å². The molecule has 1 atom stereocenters. The normalized spacial score (nSPS) is 12.5. The van der Waals surface area contributed by atoms with Crippen molar-refractivity contribution in [1.29, 1.82) is 0 Å². The molecule has 0 radical (unpaired) electrons. The van der Waals surface area contributed by atoms with Gasteiger partial charge >= 0.3 is 0 Å². The number of nitrogens with zero attached hydrogens (tertiary/aromatic N) is 1. The van der Waals surface area contributed by atoms with Gasteiger partial charge in [-0.15, -0.1) is 0 Å². The molecule has 1 aromatic heterocycles. The van der Waals surface area contributed by atoms with Crippen LogP contribution in [0.4, 0.5) is 0 Å². The smallest absolute Gasteiger partial charge is 0.100 e. The molecule has 0 saturated heterocycles. The molecule has 1 heterocycles. The minimum Gasteiger partial charge on any atom is -0.386 e. The molecular weight excluding hydrogens is 258 g/mol. The van der Waals surface area contributed by atoms with E-state index in [0.29, 0.717) is 6.42 Å². The summed E-state index contributed by atoms with van der Waals surface area (Å²) in [4.78, 5) is 4.38. The molecule has 0 spiro atoms. The van der Waals surface area contributed by atoms with E-state index in [9.17, 15) is 5.11 Å². The zero-order chi connectivity index (χ0) is 14.7. The van der Waals surface area contributed by atoms with Crippen LogP contribution in [-0.2, 0) is 12.8 Å². The van der Waals surface area contributed by atoms with E-state index in [1.807, 2.05) is 30.3 Å². The maximum absolute atomic E-state index is 10.6. The number of aryl methyl sites for hydroxylation is 1. The third kappa shape index (κ3) is 2.81. The van der Waals surface area contributed by atoms with Crippen LogP contribution in [0.5, 0.6) is 0 Å². The Bertz CT molecular complexity index is 746. The van der Waals surface area contributed by atoms with Crippen LogP contribution < -0.4 is 0 Å². The summed E-state index contributed by atoms with van der Waals surface area (Å²) in [5.74, 6) is 0. The fourth-order valence-electron chi connectivity index (χ4n) is 2.83. The number of aliphatic hydroxyl groups excluding tert-OH is 1. The van der Waals surface area contributed by atoms with Crippen LogP contribution >= 0.6 is 0 Å². The summed E-state index contributed by atoms with van der Waals surface area (Å²) in [7, 11) is 0. The van der Waals surface area contributed by atoms with Crippen molar-refractivity contribution in [2.45, 2.75) is 25.9 Å². The maximum atomic E-state index is 10.6. The molecule has 1 N–H and O–H groups in total. The number of hydrogen-bond donors (Lipinski definition) is 1. The molecule has 0 aliphatic rings. The van der Waals surface area contributed by atoms with E-state index >= 15 is 0 Å². The summed E-state index contributed by atoms with van der Waals surface area (Å²) in [6, 6.07) is 18.5. The third-order valence-electron chi connectivity index (χ3n) is 3.92. The topological polar surface area (TPSA) is 33.1 Å². The first kappa shape index (κ1) is 13.8. The Kier molecular flexibility index (Phi) is 3.98. The number of benzene rings is 2. The van der Waals surface area contributed by atoms with Gasteiger partial charge in [-0.05, 0) is 34.4 Å². The Balaban J connectivity index is 1.95. The van der Waals surface area contributed by atoms with Crippen LogP contribution in [0, 0.1) is 0 Å². The SMILES string of the molecule is CCc1cccnc1C(O)Cc1cccc2ccccc12. The zero-order valence-electron chi connectivity index (χ0n) is 12.2. The summed E-state index contributed by atoms with van der Waals surface area (Å²) in [5, 5.41) is 13.0. The monoisotopic (exact) mass is 277 g/mol. The molecule has 0 saturated carbocycles. The molecular formula is C19H19NO. The van der Waals surface area contributed by atoms with Gasteiger partial charge in [0, 0.05) is 12.6 Å². The average Bonchev–Trinajstić information content (AvgIpc) is 2.55. The predicted molar refractivity (Wildman–Crippen MR) is 86.2 cm³/mol. The number of aromatic nitrogens is 1. The van der Waals surface area contributed by atoms with Gasteiger partial charge in [-0.2, -0.15) is 0 Å². The van der Waals surface area contributed by atoms with E-state index in [2.05, 4.69) is 36.2 Å². The molecule has 0 fully saturated rings. The van der Waals surface area contributed by atoms with Crippen molar-refractivity contribution in [2.75, 3.05) is 0 Å². The number of aliphatic hydroxyl groups is 1. The van der Waals surface area contributed by atoms with Crippen LogP contribution in [0.1, 0.15) is 29.8 Å². The molecule has 106 valence electrons. The van der Waals surface area contributed by atoms with Crippen LogP contribution in [0.15, 0.2) is 60.8 Å². The van der Waals surface area contributed by atoms with E-state index in [-0.39, 0.29) is 0 Å². The van der Waals surface area contributed by atoms with Gasteiger partial charge in [0.2, 0.25) is 0 Å². The van der Waals surface area contributed by atoms with Crippen molar-refractivity contribution in [1.82, 2.24) is 4.98 Å². The van der Waals surface area contributed by atoms with Crippen LogP contribution in [0.25, 0.3) is 10.8 Å². The third-order valence-corrected chi connectivity index (χ3v) is 3.92. The molecule has 2 heteroatoms. The largest absolute Gasteiger partial charge is 0.386 e. The first-order chi connectivity index (χ1) is 10.3. The highest BCUT2D eigenvalue weighted by Crippen LogP contribution is 2.25. The first-order valence-electron chi connectivity index (χ1n) is 7.38. The van der Waals surface area contributed by atoms with E-state index in [1.54, 1.807) is 6.20 Å². The van der Waals surface area contributed by atoms with Crippen molar-refractivity contribution in [3.63, 3.8) is 0 Å². The van der Waals surface area contributed by atoms with Crippen molar-refractivity contribution in [3.8, 4) is 0 Å². The number of rotatable bonds is 4. The molecule has 0 aliphatic heterocycles. The maximum Gasteiger partial charge on any atom is 0.100 e. The van der Waals surface area contributed by atoms with Crippen LogP contribution in [-0.4, -0.2) is 10.1 Å². The molecule has 3 aromatic rings. The number of pyridine rings is 1. The average molecular weight is 277 g/mol. The molecule has 0 aliphatic carbocycles. The fourth-order valence-corrected chi connectivity index (χ4v) is 2.83. The van der Waals surface area contributed by atoms with Gasteiger partial charge in [0.05, 0.1) is 5.69 Å². The second-order valence-corrected chi connectivity index (χ2v) is 5.26. The van der Waals surface area contributed by atoms with Crippen molar-refractivity contribution in [3.05, 3.63) is 77.6 Å².